The van der Waals surface area contributed by atoms with E-state index in [9.17, 15) is 17.6 Å². The highest BCUT2D eigenvalue weighted by molar-refractivity contribution is 5.49. The van der Waals surface area contributed by atoms with Crippen molar-refractivity contribution in [1.29, 1.82) is 0 Å². The number of alkyl halides is 3. The minimum atomic E-state index is -4.59. The van der Waals surface area contributed by atoms with Crippen LogP contribution in [0.3, 0.4) is 0 Å². The maximum absolute atomic E-state index is 12.5. The topological polar surface area (TPSA) is 26.0 Å². The SMILES string of the molecule is CC.Nc1c(F)cccc1C(F)(F)F. The molecule has 1 rings (SSSR count). The number of hydrogen-bond donors (Lipinski definition) is 1. The average Bonchev–Trinajstić information content (AvgIpc) is 2.11. The number of benzene rings is 1. The maximum Gasteiger partial charge on any atom is 0.418 e. The summed E-state index contributed by atoms with van der Waals surface area (Å²) in [4.78, 5) is 0. The molecule has 14 heavy (non-hydrogen) atoms. The van der Waals surface area contributed by atoms with E-state index in [1.54, 1.807) is 0 Å². The zero-order chi connectivity index (χ0) is 11.4. The molecule has 1 aromatic carbocycles. The van der Waals surface area contributed by atoms with Crippen LogP contribution in [0.2, 0.25) is 0 Å². The van der Waals surface area contributed by atoms with Gasteiger partial charge in [-0.1, -0.05) is 19.9 Å². The summed E-state index contributed by atoms with van der Waals surface area (Å²) < 4.78 is 48.4. The van der Waals surface area contributed by atoms with Crippen LogP contribution in [0.4, 0.5) is 23.2 Å². The number of halogens is 4. The zero-order valence-electron chi connectivity index (χ0n) is 7.82. The Morgan fingerprint density at radius 1 is 1.14 bits per heavy atom. The second-order valence-electron chi connectivity index (χ2n) is 2.20. The van der Waals surface area contributed by atoms with Crippen molar-refractivity contribution < 1.29 is 17.6 Å². The molecule has 0 saturated carbocycles. The third-order valence-electron chi connectivity index (χ3n) is 1.36. The van der Waals surface area contributed by atoms with Gasteiger partial charge in [0.25, 0.3) is 0 Å². The van der Waals surface area contributed by atoms with Crippen LogP contribution in [0.1, 0.15) is 19.4 Å². The first-order valence-electron chi connectivity index (χ1n) is 4.04. The Labute approximate surface area is 79.5 Å². The van der Waals surface area contributed by atoms with Crippen molar-refractivity contribution in [3.8, 4) is 0 Å². The summed E-state index contributed by atoms with van der Waals surface area (Å²) in [6.45, 7) is 4.00. The van der Waals surface area contributed by atoms with Crippen molar-refractivity contribution in [3.05, 3.63) is 29.6 Å². The standard InChI is InChI=1S/C7H5F4N.C2H6/c8-5-3-1-2-4(6(5)12)7(9,10)11;1-2/h1-3H,12H2;1-2H3. The fourth-order valence-electron chi connectivity index (χ4n) is 0.784. The van der Waals surface area contributed by atoms with Gasteiger partial charge in [-0.2, -0.15) is 13.2 Å². The highest BCUT2D eigenvalue weighted by atomic mass is 19.4. The maximum atomic E-state index is 12.5. The lowest BCUT2D eigenvalue weighted by molar-refractivity contribution is -0.137. The van der Waals surface area contributed by atoms with Crippen LogP contribution in [-0.2, 0) is 6.18 Å². The Balaban J connectivity index is 0.000000791. The minimum Gasteiger partial charge on any atom is -0.396 e. The van der Waals surface area contributed by atoms with Gasteiger partial charge in [-0.3, -0.25) is 0 Å². The molecule has 80 valence electrons. The van der Waals surface area contributed by atoms with E-state index in [-0.39, 0.29) is 0 Å². The van der Waals surface area contributed by atoms with E-state index in [1.165, 1.54) is 0 Å². The number of para-hydroxylation sites is 1. The first-order chi connectivity index (χ1) is 6.43. The van der Waals surface area contributed by atoms with Gasteiger partial charge in [0.2, 0.25) is 0 Å². The monoisotopic (exact) mass is 209 g/mol. The third-order valence-corrected chi connectivity index (χ3v) is 1.36. The lowest BCUT2D eigenvalue weighted by Crippen LogP contribution is -2.09. The summed E-state index contributed by atoms with van der Waals surface area (Å²) in [7, 11) is 0. The molecule has 0 fully saturated rings. The fraction of sp³-hybridized carbons (Fsp3) is 0.333. The lowest BCUT2D eigenvalue weighted by atomic mass is 10.1. The molecular weight excluding hydrogens is 198 g/mol. The van der Waals surface area contributed by atoms with Crippen molar-refractivity contribution in [2.45, 2.75) is 20.0 Å². The molecule has 2 N–H and O–H groups in total. The zero-order valence-corrected chi connectivity index (χ0v) is 7.82. The molecule has 0 amide bonds. The molecule has 5 heteroatoms. The van der Waals surface area contributed by atoms with Crippen molar-refractivity contribution in [2.75, 3.05) is 5.73 Å². The largest absolute Gasteiger partial charge is 0.418 e. The molecule has 0 unspecified atom stereocenters. The van der Waals surface area contributed by atoms with Gasteiger partial charge in [0.05, 0.1) is 11.3 Å². The van der Waals surface area contributed by atoms with Crippen molar-refractivity contribution in [2.24, 2.45) is 0 Å². The molecule has 0 atom stereocenters. The van der Waals surface area contributed by atoms with Gasteiger partial charge < -0.3 is 5.73 Å². The highest BCUT2D eigenvalue weighted by Gasteiger charge is 2.33. The molecule has 0 aromatic heterocycles. The van der Waals surface area contributed by atoms with E-state index >= 15 is 0 Å². The van der Waals surface area contributed by atoms with Crippen LogP contribution in [-0.4, -0.2) is 0 Å². The molecular formula is C9H11F4N. The number of anilines is 1. The average molecular weight is 209 g/mol. The van der Waals surface area contributed by atoms with E-state index in [0.717, 1.165) is 18.2 Å². The number of nitrogens with two attached hydrogens (primary N) is 1. The van der Waals surface area contributed by atoms with Crippen LogP contribution in [0.15, 0.2) is 18.2 Å². The molecule has 1 nitrogen and oxygen atoms in total. The van der Waals surface area contributed by atoms with Gasteiger partial charge in [0.15, 0.2) is 0 Å². The second-order valence-corrected chi connectivity index (χ2v) is 2.20. The number of nitrogen functional groups attached to an aromatic ring is 1. The van der Waals surface area contributed by atoms with Gasteiger partial charge in [-0.25, -0.2) is 4.39 Å². The van der Waals surface area contributed by atoms with E-state index in [2.05, 4.69) is 0 Å². The Bertz CT molecular complexity index is 293. The van der Waals surface area contributed by atoms with Crippen LogP contribution in [0.5, 0.6) is 0 Å². The summed E-state index contributed by atoms with van der Waals surface area (Å²) in [5.74, 6) is -1.05. The van der Waals surface area contributed by atoms with E-state index in [0.29, 0.717) is 0 Å². The molecule has 0 aliphatic carbocycles. The smallest absolute Gasteiger partial charge is 0.396 e. The molecule has 1 aromatic rings. The lowest BCUT2D eigenvalue weighted by Gasteiger charge is -2.09. The molecule has 0 radical (unpaired) electrons. The van der Waals surface area contributed by atoms with E-state index in [4.69, 9.17) is 5.73 Å². The van der Waals surface area contributed by atoms with Crippen molar-refractivity contribution in [1.82, 2.24) is 0 Å². The predicted octanol–water partition coefficient (Wildman–Crippen LogP) is 3.45. The predicted molar refractivity (Wildman–Crippen MR) is 47.2 cm³/mol. The third kappa shape index (κ3) is 2.90. The molecule has 0 spiro atoms. The highest BCUT2D eigenvalue weighted by Crippen LogP contribution is 2.34. The summed E-state index contributed by atoms with van der Waals surface area (Å²) in [6, 6.07) is 2.58. The summed E-state index contributed by atoms with van der Waals surface area (Å²) in [6.07, 6.45) is -4.59. The summed E-state index contributed by atoms with van der Waals surface area (Å²) >= 11 is 0. The van der Waals surface area contributed by atoms with Crippen LogP contribution < -0.4 is 5.73 Å². The van der Waals surface area contributed by atoms with Gasteiger partial charge in [-0.05, 0) is 12.1 Å². The molecule has 0 saturated heterocycles. The van der Waals surface area contributed by atoms with Gasteiger partial charge >= 0.3 is 6.18 Å². The number of rotatable bonds is 0. The minimum absolute atomic E-state index is 0.735. The van der Waals surface area contributed by atoms with Gasteiger partial charge in [0, 0.05) is 0 Å². The Morgan fingerprint density at radius 2 is 1.64 bits per heavy atom. The normalized spacial score (nSPS) is 10.4. The van der Waals surface area contributed by atoms with E-state index in [1.807, 2.05) is 13.8 Å². The first-order valence-corrected chi connectivity index (χ1v) is 4.04. The fourth-order valence-corrected chi connectivity index (χ4v) is 0.784. The Morgan fingerprint density at radius 3 is 2.00 bits per heavy atom. The van der Waals surface area contributed by atoms with Gasteiger partial charge in [-0.15, -0.1) is 0 Å². The van der Waals surface area contributed by atoms with Crippen molar-refractivity contribution >= 4 is 5.69 Å². The Hall–Kier alpha value is -1.26. The molecule has 0 bridgehead atoms. The molecule has 0 aliphatic heterocycles. The van der Waals surface area contributed by atoms with Crippen LogP contribution >= 0.6 is 0 Å². The van der Waals surface area contributed by atoms with Gasteiger partial charge in [0.1, 0.15) is 5.82 Å². The van der Waals surface area contributed by atoms with Crippen molar-refractivity contribution in [3.63, 3.8) is 0 Å². The Kier molecular flexibility index (Phi) is 4.40. The van der Waals surface area contributed by atoms with Crippen LogP contribution in [0, 0.1) is 5.82 Å². The second kappa shape index (κ2) is 4.83. The molecule has 0 heterocycles. The summed E-state index contributed by atoms with van der Waals surface area (Å²) in [5, 5.41) is 0. The summed E-state index contributed by atoms with van der Waals surface area (Å²) in [5.41, 5.74) is 2.88. The quantitative estimate of drug-likeness (QED) is 0.514. The first kappa shape index (κ1) is 12.7. The number of hydrogen-bond acceptors (Lipinski definition) is 1. The molecule has 0 aliphatic rings. The van der Waals surface area contributed by atoms with Crippen LogP contribution in [0.25, 0.3) is 0 Å². The van der Waals surface area contributed by atoms with E-state index < -0.39 is 23.2 Å².